The molecule has 0 spiro atoms. The van der Waals surface area contributed by atoms with Gasteiger partial charge in [-0.15, -0.1) is 6.58 Å². The van der Waals surface area contributed by atoms with Gasteiger partial charge < -0.3 is 9.67 Å². The predicted octanol–water partition coefficient (Wildman–Crippen LogP) is 1.20. The predicted molar refractivity (Wildman–Crippen MR) is 70.7 cm³/mol. The minimum absolute atomic E-state index is 0.170. The lowest BCUT2D eigenvalue weighted by Crippen LogP contribution is -2.30. The van der Waals surface area contributed by atoms with Gasteiger partial charge in [0.05, 0.1) is 6.61 Å². The van der Waals surface area contributed by atoms with Crippen molar-refractivity contribution in [2.45, 2.75) is 31.9 Å². The zero-order valence-electron chi connectivity index (χ0n) is 10.8. The Morgan fingerprint density at radius 3 is 2.56 bits per heavy atom. The number of aromatic nitrogens is 1. The number of hydrogen-bond donors (Lipinski definition) is 1. The third-order valence-corrected chi connectivity index (χ3v) is 4.69. The smallest absolute Gasteiger partial charge is 0.244 e. The molecule has 0 fully saturated rings. The summed E-state index contributed by atoms with van der Waals surface area (Å²) in [4.78, 5) is 0.220. The van der Waals surface area contributed by atoms with Gasteiger partial charge in [-0.3, -0.25) is 0 Å². The van der Waals surface area contributed by atoms with E-state index in [2.05, 4.69) is 6.58 Å². The van der Waals surface area contributed by atoms with Crippen LogP contribution in [0.5, 0.6) is 0 Å². The Bertz CT molecular complexity index is 484. The minimum atomic E-state index is -3.50. The van der Waals surface area contributed by atoms with E-state index >= 15 is 0 Å². The van der Waals surface area contributed by atoms with Crippen LogP contribution in [0.1, 0.15) is 19.5 Å². The summed E-state index contributed by atoms with van der Waals surface area (Å²) < 4.78 is 27.7. The van der Waals surface area contributed by atoms with Crippen LogP contribution in [0.25, 0.3) is 0 Å². The van der Waals surface area contributed by atoms with Crippen LogP contribution in [0.15, 0.2) is 29.8 Å². The number of aryl methyl sites for hydroxylation is 1. The van der Waals surface area contributed by atoms with E-state index in [1.807, 2.05) is 6.92 Å². The number of rotatable bonds is 7. The third kappa shape index (κ3) is 2.82. The van der Waals surface area contributed by atoms with Crippen molar-refractivity contribution < 1.29 is 13.5 Å². The molecule has 0 aliphatic rings. The first-order valence-corrected chi connectivity index (χ1v) is 7.36. The molecule has 102 valence electrons. The maximum atomic E-state index is 12.3. The Kier molecular flexibility index (Phi) is 5.13. The second-order valence-electron chi connectivity index (χ2n) is 3.86. The lowest BCUT2D eigenvalue weighted by molar-refractivity contribution is 0.271. The van der Waals surface area contributed by atoms with Crippen molar-refractivity contribution in [3.05, 3.63) is 30.6 Å². The summed E-state index contributed by atoms with van der Waals surface area (Å²) in [5.74, 6) is 0. The van der Waals surface area contributed by atoms with E-state index in [1.54, 1.807) is 23.8 Å². The number of likely N-dealkylation sites (N-methyl/N-ethyl adjacent to an activating group) is 1. The summed E-state index contributed by atoms with van der Waals surface area (Å²) in [6, 6.07) is 1.52. The molecule has 6 heteroatoms. The maximum Gasteiger partial charge on any atom is 0.244 e. The molecule has 1 aromatic heterocycles. The standard InChI is InChI=1S/C12H20N2O3S/c1-4-7-14(6-3)18(16,17)12-8-11(10-15)13(5-2)9-12/h4,8-9,15H,1,5-7,10H2,2-3H3. The molecule has 1 aromatic rings. The van der Waals surface area contributed by atoms with E-state index < -0.39 is 10.0 Å². The monoisotopic (exact) mass is 272 g/mol. The first kappa shape index (κ1) is 14.9. The molecule has 0 aromatic carbocycles. The van der Waals surface area contributed by atoms with E-state index in [0.717, 1.165) is 0 Å². The van der Waals surface area contributed by atoms with Crippen LogP contribution < -0.4 is 0 Å². The van der Waals surface area contributed by atoms with Crippen LogP contribution in [0.3, 0.4) is 0 Å². The number of hydrogen-bond acceptors (Lipinski definition) is 3. The van der Waals surface area contributed by atoms with Crippen LogP contribution in [-0.4, -0.2) is 35.5 Å². The van der Waals surface area contributed by atoms with E-state index in [-0.39, 0.29) is 18.0 Å². The molecule has 0 saturated heterocycles. The number of sulfonamides is 1. The molecule has 1 heterocycles. The molecule has 0 bridgehead atoms. The second-order valence-corrected chi connectivity index (χ2v) is 5.79. The summed E-state index contributed by atoms with van der Waals surface area (Å²) in [7, 11) is -3.50. The molecule has 0 amide bonds. The molecule has 0 saturated carbocycles. The van der Waals surface area contributed by atoms with Gasteiger partial charge >= 0.3 is 0 Å². The highest BCUT2D eigenvalue weighted by Crippen LogP contribution is 2.19. The van der Waals surface area contributed by atoms with Gasteiger partial charge in [-0.25, -0.2) is 8.42 Å². The Balaban J connectivity index is 3.18. The minimum Gasteiger partial charge on any atom is -0.390 e. The lowest BCUT2D eigenvalue weighted by Gasteiger charge is -2.17. The van der Waals surface area contributed by atoms with Gasteiger partial charge in [0.2, 0.25) is 10.0 Å². The Hall–Kier alpha value is -1.11. The number of aliphatic hydroxyl groups excluding tert-OH is 1. The number of nitrogens with zero attached hydrogens (tertiary/aromatic N) is 2. The van der Waals surface area contributed by atoms with Gasteiger partial charge in [0, 0.05) is 31.5 Å². The van der Waals surface area contributed by atoms with Crippen molar-refractivity contribution in [3.8, 4) is 0 Å². The van der Waals surface area contributed by atoms with Crippen LogP contribution in [0.2, 0.25) is 0 Å². The fourth-order valence-corrected chi connectivity index (χ4v) is 3.27. The quantitative estimate of drug-likeness (QED) is 0.759. The first-order chi connectivity index (χ1) is 8.51. The molecule has 1 rings (SSSR count). The van der Waals surface area contributed by atoms with Gasteiger partial charge in [0.15, 0.2) is 0 Å². The zero-order chi connectivity index (χ0) is 13.8. The average Bonchev–Trinajstić information content (AvgIpc) is 2.79. The van der Waals surface area contributed by atoms with Gasteiger partial charge in [-0.1, -0.05) is 13.0 Å². The normalized spacial score (nSPS) is 12.0. The van der Waals surface area contributed by atoms with Crippen molar-refractivity contribution in [2.75, 3.05) is 13.1 Å². The van der Waals surface area contributed by atoms with Gasteiger partial charge in [0.1, 0.15) is 4.90 Å². The summed E-state index contributed by atoms with van der Waals surface area (Å²) >= 11 is 0. The third-order valence-electron chi connectivity index (χ3n) is 2.79. The van der Waals surface area contributed by atoms with Crippen molar-refractivity contribution in [3.63, 3.8) is 0 Å². The fraction of sp³-hybridized carbons (Fsp3) is 0.500. The van der Waals surface area contributed by atoms with Crippen molar-refractivity contribution in [1.82, 2.24) is 8.87 Å². The van der Waals surface area contributed by atoms with Crippen LogP contribution in [0, 0.1) is 0 Å². The van der Waals surface area contributed by atoms with Crippen molar-refractivity contribution in [2.24, 2.45) is 0 Å². The summed E-state index contributed by atoms with van der Waals surface area (Å²) in [6.45, 7) is 8.37. The molecule has 0 radical (unpaired) electrons. The molecule has 5 nitrogen and oxygen atoms in total. The van der Waals surface area contributed by atoms with E-state index in [9.17, 15) is 13.5 Å². The van der Waals surface area contributed by atoms with Crippen LogP contribution in [0.4, 0.5) is 0 Å². The largest absolute Gasteiger partial charge is 0.390 e. The van der Waals surface area contributed by atoms with Crippen molar-refractivity contribution in [1.29, 1.82) is 0 Å². The SMILES string of the molecule is C=CCN(CC)S(=O)(=O)c1cc(CO)n(CC)c1. The molecule has 0 aliphatic carbocycles. The van der Waals surface area contributed by atoms with Crippen LogP contribution >= 0.6 is 0 Å². The van der Waals surface area contributed by atoms with E-state index in [1.165, 1.54) is 10.4 Å². The highest BCUT2D eigenvalue weighted by atomic mass is 32.2. The Morgan fingerprint density at radius 2 is 2.17 bits per heavy atom. The molecule has 0 aliphatic heterocycles. The summed E-state index contributed by atoms with van der Waals surface area (Å²) in [5.41, 5.74) is 0.603. The maximum absolute atomic E-state index is 12.3. The highest BCUT2D eigenvalue weighted by molar-refractivity contribution is 7.89. The van der Waals surface area contributed by atoms with Crippen LogP contribution in [-0.2, 0) is 23.2 Å². The average molecular weight is 272 g/mol. The van der Waals surface area contributed by atoms with Crippen molar-refractivity contribution >= 4 is 10.0 Å². The fourth-order valence-electron chi connectivity index (χ4n) is 1.78. The number of aliphatic hydroxyl groups is 1. The van der Waals surface area contributed by atoms with Gasteiger partial charge in [0.25, 0.3) is 0 Å². The highest BCUT2D eigenvalue weighted by Gasteiger charge is 2.24. The summed E-state index contributed by atoms with van der Waals surface area (Å²) in [5, 5.41) is 9.18. The van der Waals surface area contributed by atoms with Gasteiger partial charge in [-0.2, -0.15) is 4.31 Å². The van der Waals surface area contributed by atoms with Gasteiger partial charge in [-0.05, 0) is 13.0 Å². The van der Waals surface area contributed by atoms with E-state index in [0.29, 0.717) is 18.8 Å². The summed E-state index contributed by atoms with van der Waals surface area (Å²) in [6.07, 6.45) is 3.12. The molecule has 0 unspecified atom stereocenters. The first-order valence-electron chi connectivity index (χ1n) is 5.92. The molecular weight excluding hydrogens is 252 g/mol. The lowest BCUT2D eigenvalue weighted by atomic mass is 10.4. The van der Waals surface area contributed by atoms with E-state index in [4.69, 9.17) is 0 Å². The Morgan fingerprint density at radius 1 is 1.50 bits per heavy atom. The Labute approximate surface area is 108 Å². The zero-order valence-corrected chi connectivity index (χ0v) is 11.7. The molecular formula is C12H20N2O3S. The molecule has 18 heavy (non-hydrogen) atoms. The topological polar surface area (TPSA) is 62.5 Å². The second kappa shape index (κ2) is 6.17. The molecule has 1 N–H and O–H groups in total. The molecule has 0 atom stereocenters.